The van der Waals surface area contributed by atoms with Gasteiger partial charge in [-0.25, -0.2) is 0 Å². The number of fused-ring (bicyclic) bond motifs is 2. The largest absolute Gasteiger partial charge is 0.299 e. The van der Waals surface area contributed by atoms with E-state index in [1.54, 1.807) is 0 Å². The molecular formula is C11H18O. The molecule has 0 N–H and O–H groups in total. The molecule has 2 aliphatic carbocycles. The van der Waals surface area contributed by atoms with Gasteiger partial charge in [0.2, 0.25) is 0 Å². The molecule has 2 fully saturated rings. The molecule has 0 aromatic rings. The van der Waals surface area contributed by atoms with Gasteiger partial charge in [0.1, 0.15) is 5.78 Å². The van der Waals surface area contributed by atoms with E-state index in [1.165, 1.54) is 12.8 Å². The molecule has 0 saturated heterocycles. The fourth-order valence-corrected chi connectivity index (χ4v) is 3.15. The Kier molecular flexibility index (Phi) is 1.61. The second-order valence-electron chi connectivity index (χ2n) is 5.39. The Morgan fingerprint density at radius 1 is 1.42 bits per heavy atom. The van der Waals surface area contributed by atoms with Crippen LogP contribution in [0.15, 0.2) is 0 Å². The van der Waals surface area contributed by atoms with Gasteiger partial charge in [0.15, 0.2) is 0 Å². The molecule has 0 radical (unpaired) electrons. The zero-order valence-corrected chi connectivity index (χ0v) is 8.26. The molecule has 0 aromatic heterocycles. The van der Waals surface area contributed by atoms with Crippen LogP contribution in [0.5, 0.6) is 0 Å². The number of hydrogen-bond donors (Lipinski definition) is 0. The number of Topliss-reactive ketones (excluding diaryl/α,β-unsaturated/α-hetero) is 1. The van der Waals surface area contributed by atoms with Gasteiger partial charge >= 0.3 is 0 Å². The van der Waals surface area contributed by atoms with Crippen molar-refractivity contribution in [2.75, 3.05) is 0 Å². The Hall–Kier alpha value is -0.330. The minimum atomic E-state index is 0.298. The Morgan fingerprint density at radius 2 is 2.08 bits per heavy atom. The molecule has 3 atom stereocenters. The Morgan fingerprint density at radius 3 is 2.75 bits per heavy atom. The highest BCUT2D eigenvalue weighted by Gasteiger charge is 2.49. The zero-order valence-electron chi connectivity index (χ0n) is 8.26. The molecule has 0 spiro atoms. The minimum absolute atomic E-state index is 0.298. The molecule has 0 aromatic carbocycles. The van der Waals surface area contributed by atoms with Gasteiger partial charge in [-0.05, 0) is 30.1 Å². The smallest absolute Gasteiger partial charge is 0.136 e. The fraction of sp³-hybridized carbons (Fsp3) is 0.909. The summed E-state index contributed by atoms with van der Waals surface area (Å²) >= 11 is 0. The van der Waals surface area contributed by atoms with Crippen LogP contribution in [-0.4, -0.2) is 5.78 Å². The maximum Gasteiger partial charge on any atom is 0.136 e. The summed E-state index contributed by atoms with van der Waals surface area (Å²) in [5, 5.41) is 0. The second kappa shape index (κ2) is 2.34. The first-order chi connectivity index (χ1) is 5.50. The predicted molar refractivity (Wildman–Crippen MR) is 48.8 cm³/mol. The monoisotopic (exact) mass is 166 g/mol. The van der Waals surface area contributed by atoms with E-state index in [4.69, 9.17) is 0 Å². The van der Waals surface area contributed by atoms with Gasteiger partial charge in [0.05, 0.1) is 0 Å². The average molecular weight is 166 g/mol. The molecule has 2 bridgehead atoms. The van der Waals surface area contributed by atoms with Crippen molar-refractivity contribution in [3.8, 4) is 0 Å². The molecule has 2 aliphatic rings. The molecule has 0 amide bonds. The lowest BCUT2D eigenvalue weighted by Crippen LogP contribution is -2.28. The Labute approximate surface area is 74.5 Å². The summed E-state index contributed by atoms with van der Waals surface area (Å²) in [7, 11) is 0. The molecule has 0 heterocycles. The first-order valence-electron chi connectivity index (χ1n) is 5.03. The van der Waals surface area contributed by atoms with E-state index >= 15 is 0 Å². The van der Waals surface area contributed by atoms with E-state index in [0.29, 0.717) is 23.0 Å². The topological polar surface area (TPSA) is 17.1 Å². The zero-order chi connectivity index (χ0) is 8.93. The van der Waals surface area contributed by atoms with Crippen LogP contribution < -0.4 is 0 Å². The van der Waals surface area contributed by atoms with Gasteiger partial charge in [0.25, 0.3) is 0 Å². The first kappa shape index (κ1) is 8.28. The van der Waals surface area contributed by atoms with Crippen LogP contribution in [0.3, 0.4) is 0 Å². The van der Waals surface area contributed by atoms with Gasteiger partial charge in [-0.2, -0.15) is 0 Å². The third-order valence-corrected chi connectivity index (χ3v) is 3.99. The van der Waals surface area contributed by atoms with Gasteiger partial charge in [-0.15, -0.1) is 0 Å². The van der Waals surface area contributed by atoms with E-state index < -0.39 is 0 Å². The highest BCUT2D eigenvalue weighted by molar-refractivity contribution is 5.83. The Bertz CT molecular complexity index is 217. The summed E-state index contributed by atoms with van der Waals surface area (Å²) in [4.78, 5) is 11.7. The summed E-state index contributed by atoms with van der Waals surface area (Å²) in [5.74, 6) is 2.40. The normalized spacial score (nSPS) is 44.9. The standard InChI is InChI=1S/C11H18O/c1-7-4-10(12)9-5-8(7)6-11(9,2)3/h7-9H,4-6H2,1-3H3. The fourth-order valence-electron chi connectivity index (χ4n) is 3.15. The number of rotatable bonds is 0. The van der Waals surface area contributed by atoms with Crippen LogP contribution in [0.2, 0.25) is 0 Å². The van der Waals surface area contributed by atoms with Crippen molar-refractivity contribution in [3.05, 3.63) is 0 Å². The van der Waals surface area contributed by atoms with E-state index in [0.717, 1.165) is 12.3 Å². The number of hydrogen-bond acceptors (Lipinski definition) is 1. The van der Waals surface area contributed by atoms with Crippen molar-refractivity contribution in [3.63, 3.8) is 0 Å². The van der Waals surface area contributed by atoms with Crippen molar-refractivity contribution < 1.29 is 4.79 Å². The third-order valence-electron chi connectivity index (χ3n) is 3.99. The predicted octanol–water partition coefficient (Wildman–Crippen LogP) is 2.65. The molecule has 12 heavy (non-hydrogen) atoms. The summed E-state index contributed by atoms with van der Waals surface area (Å²) < 4.78 is 0. The second-order valence-corrected chi connectivity index (χ2v) is 5.39. The molecule has 3 unspecified atom stereocenters. The lowest BCUT2D eigenvalue weighted by atomic mass is 9.76. The highest BCUT2D eigenvalue weighted by atomic mass is 16.1. The molecule has 0 aliphatic heterocycles. The van der Waals surface area contributed by atoms with Gasteiger partial charge in [0, 0.05) is 12.3 Å². The summed E-state index contributed by atoms with van der Waals surface area (Å²) in [6.07, 6.45) is 3.29. The van der Waals surface area contributed by atoms with E-state index in [1.807, 2.05) is 0 Å². The van der Waals surface area contributed by atoms with Crippen molar-refractivity contribution in [1.82, 2.24) is 0 Å². The van der Waals surface area contributed by atoms with Crippen LogP contribution in [0.25, 0.3) is 0 Å². The molecule has 1 heteroatoms. The maximum atomic E-state index is 11.7. The first-order valence-corrected chi connectivity index (χ1v) is 5.03. The van der Waals surface area contributed by atoms with Crippen molar-refractivity contribution in [2.45, 2.75) is 40.0 Å². The van der Waals surface area contributed by atoms with Crippen molar-refractivity contribution in [1.29, 1.82) is 0 Å². The van der Waals surface area contributed by atoms with Gasteiger partial charge < -0.3 is 0 Å². The lowest BCUT2D eigenvalue weighted by Gasteiger charge is -2.27. The molecule has 2 saturated carbocycles. The quantitative estimate of drug-likeness (QED) is 0.540. The van der Waals surface area contributed by atoms with Crippen molar-refractivity contribution >= 4 is 5.78 Å². The van der Waals surface area contributed by atoms with Gasteiger partial charge in [-0.1, -0.05) is 20.8 Å². The number of ketones is 1. The summed E-state index contributed by atoms with van der Waals surface area (Å²) in [6, 6.07) is 0. The van der Waals surface area contributed by atoms with Crippen LogP contribution in [-0.2, 0) is 4.79 Å². The van der Waals surface area contributed by atoms with Gasteiger partial charge in [-0.3, -0.25) is 4.79 Å². The minimum Gasteiger partial charge on any atom is -0.299 e. The molecular weight excluding hydrogens is 148 g/mol. The van der Waals surface area contributed by atoms with Crippen molar-refractivity contribution in [2.24, 2.45) is 23.2 Å². The summed E-state index contributed by atoms with van der Waals surface area (Å²) in [6.45, 7) is 6.75. The van der Waals surface area contributed by atoms with Crippen LogP contribution in [0, 0.1) is 23.2 Å². The van der Waals surface area contributed by atoms with E-state index in [9.17, 15) is 4.79 Å². The SMILES string of the molecule is CC1CC(=O)C2CC1CC2(C)C. The summed E-state index contributed by atoms with van der Waals surface area (Å²) in [5.41, 5.74) is 0.298. The van der Waals surface area contributed by atoms with E-state index in [2.05, 4.69) is 20.8 Å². The van der Waals surface area contributed by atoms with Crippen LogP contribution in [0.1, 0.15) is 40.0 Å². The Balaban J connectivity index is 2.27. The number of carbonyl (C=O) groups excluding carboxylic acids is 1. The highest BCUT2D eigenvalue weighted by Crippen LogP contribution is 2.53. The van der Waals surface area contributed by atoms with Crippen LogP contribution in [0.4, 0.5) is 0 Å². The molecule has 68 valence electrons. The van der Waals surface area contributed by atoms with Crippen LogP contribution >= 0.6 is 0 Å². The molecule has 2 rings (SSSR count). The maximum absolute atomic E-state index is 11.7. The molecule has 1 nitrogen and oxygen atoms in total. The lowest BCUT2D eigenvalue weighted by molar-refractivity contribution is -0.127. The number of carbonyl (C=O) groups is 1. The van der Waals surface area contributed by atoms with E-state index in [-0.39, 0.29) is 0 Å². The third kappa shape index (κ3) is 1.02. The average Bonchev–Trinajstić information content (AvgIpc) is 2.20.